The summed E-state index contributed by atoms with van der Waals surface area (Å²) in [5, 5.41) is 10.8. The molecule has 1 amide bonds. The van der Waals surface area contributed by atoms with Crippen LogP contribution in [0.25, 0.3) is 22.0 Å². The van der Waals surface area contributed by atoms with Crippen LogP contribution in [0.3, 0.4) is 0 Å². The third-order valence-corrected chi connectivity index (χ3v) is 6.47. The molecule has 4 aromatic rings. The lowest BCUT2D eigenvalue weighted by Gasteiger charge is -2.25. The van der Waals surface area contributed by atoms with Gasteiger partial charge in [0.05, 0.1) is 5.52 Å². The molecule has 0 aliphatic heterocycles. The van der Waals surface area contributed by atoms with Gasteiger partial charge >= 0.3 is 12.1 Å². The van der Waals surface area contributed by atoms with E-state index in [2.05, 4.69) is 17.1 Å². The summed E-state index contributed by atoms with van der Waals surface area (Å²) >= 11 is 0. The lowest BCUT2D eigenvalue weighted by molar-refractivity contribution is -0.142. The van der Waals surface area contributed by atoms with Gasteiger partial charge in [-0.15, -0.1) is 0 Å². The van der Waals surface area contributed by atoms with Gasteiger partial charge in [0.1, 0.15) is 12.6 Å². The van der Waals surface area contributed by atoms with Crippen molar-refractivity contribution in [3.63, 3.8) is 0 Å². The van der Waals surface area contributed by atoms with E-state index in [1.165, 1.54) is 11.9 Å². The van der Waals surface area contributed by atoms with Gasteiger partial charge < -0.3 is 9.84 Å². The lowest BCUT2D eigenvalue weighted by atomic mass is 9.98. The standard InChI is InChI=1S/C28H24N2O4/c1-30(26(27(31)32)16-18-12-13-25-19(15-18)7-6-14-29-25)28(33)34-17-24-22-10-4-2-8-20(22)21-9-3-5-11-23(21)24/h2-15,24,26H,16-17H2,1H3,(H,31,32)/t26-/m1/s1. The Bertz CT molecular complexity index is 1340. The number of hydrogen-bond acceptors (Lipinski definition) is 4. The molecule has 3 aromatic carbocycles. The molecule has 5 rings (SSSR count). The van der Waals surface area contributed by atoms with Gasteiger partial charge in [0.25, 0.3) is 0 Å². The second kappa shape index (κ2) is 8.98. The largest absolute Gasteiger partial charge is 0.480 e. The van der Waals surface area contributed by atoms with Crippen LogP contribution in [0.1, 0.15) is 22.6 Å². The Morgan fingerprint density at radius 3 is 2.32 bits per heavy atom. The Morgan fingerprint density at radius 1 is 0.971 bits per heavy atom. The van der Waals surface area contributed by atoms with Gasteiger partial charge in [-0.2, -0.15) is 0 Å². The highest BCUT2D eigenvalue weighted by molar-refractivity contribution is 5.82. The second-order valence-electron chi connectivity index (χ2n) is 8.50. The summed E-state index contributed by atoms with van der Waals surface area (Å²) in [6.07, 6.45) is 1.23. The van der Waals surface area contributed by atoms with Crippen molar-refractivity contribution >= 4 is 23.0 Å². The van der Waals surface area contributed by atoms with Crippen LogP contribution < -0.4 is 0 Å². The third kappa shape index (κ3) is 3.99. The first-order valence-electron chi connectivity index (χ1n) is 11.2. The first-order chi connectivity index (χ1) is 16.5. The molecule has 170 valence electrons. The molecule has 34 heavy (non-hydrogen) atoms. The number of fused-ring (bicyclic) bond motifs is 4. The molecule has 1 N–H and O–H groups in total. The van der Waals surface area contributed by atoms with E-state index in [1.807, 2.05) is 66.7 Å². The quantitative estimate of drug-likeness (QED) is 0.440. The third-order valence-electron chi connectivity index (χ3n) is 6.47. The molecule has 0 fully saturated rings. The Kier molecular flexibility index (Phi) is 5.72. The van der Waals surface area contributed by atoms with Crippen molar-refractivity contribution in [1.82, 2.24) is 9.88 Å². The normalized spacial score (nSPS) is 13.2. The van der Waals surface area contributed by atoms with Crippen molar-refractivity contribution in [1.29, 1.82) is 0 Å². The summed E-state index contributed by atoms with van der Waals surface area (Å²) in [5.74, 6) is -1.16. The predicted octanol–water partition coefficient (Wildman–Crippen LogP) is 5.11. The number of benzene rings is 3. The van der Waals surface area contributed by atoms with Crippen molar-refractivity contribution in [3.05, 3.63) is 102 Å². The van der Waals surface area contributed by atoms with Crippen molar-refractivity contribution in [2.75, 3.05) is 13.7 Å². The van der Waals surface area contributed by atoms with Gasteiger partial charge in [-0.05, 0) is 46.0 Å². The number of rotatable bonds is 6. The van der Waals surface area contributed by atoms with Crippen LogP contribution in [-0.4, -0.2) is 46.7 Å². The van der Waals surface area contributed by atoms with Crippen molar-refractivity contribution in [2.24, 2.45) is 0 Å². The van der Waals surface area contributed by atoms with Gasteiger partial charge in [-0.1, -0.05) is 60.7 Å². The first kappa shape index (κ1) is 21.6. The summed E-state index contributed by atoms with van der Waals surface area (Å²) < 4.78 is 5.65. The van der Waals surface area contributed by atoms with Crippen LogP contribution in [0.4, 0.5) is 4.79 Å². The number of carboxylic acids is 1. The van der Waals surface area contributed by atoms with E-state index in [0.29, 0.717) is 0 Å². The zero-order valence-electron chi connectivity index (χ0n) is 18.7. The first-order valence-corrected chi connectivity index (χ1v) is 11.2. The highest BCUT2D eigenvalue weighted by Crippen LogP contribution is 2.44. The molecular weight excluding hydrogens is 428 g/mol. The van der Waals surface area contributed by atoms with Crippen LogP contribution in [0.15, 0.2) is 85.1 Å². The van der Waals surface area contributed by atoms with Crippen LogP contribution in [0.5, 0.6) is 0 Å². The maximum absolute atomic E-state index is 12.9. The van der Waals surface area contributed by atoms with Gasteiger partial charge in [0, 0.05) is 31.0 Å². The van der Waals surface area contributed by atoms with Crippen molar-refractivity contribution < 1.29 is 19.4 Å². The SMILES string of the molecule is CN(C(=O)OCC1c2ccccc2-c2ccccc21)[C@H](Cc1ccc2ncccc2c1)C(=O)O. The molecule has 1 heterocycles. The van der Waals surface area contributed by atoms with Gasteiger partial charge in [-0.3, -0.25) is 9.88 Å². The predicted molar refractivity (Wildman–Crippen MR) is 130 cm³/mol. The molecule has 6 heteroatoms. The molecule has 0 radical (unpaired) electrons. The summed E-state index contributed by atoms with van der Waals surface area (Å²) in [6, 6.07) is 24.5. The minimum atomic E-state index is -1.08. The monoisotopic (exact) mass is 452 g/mol. The summed E-state index contributed by atoms with van der Waals surface area (Å²) in [4.78, 5) is 30.4. The molecule has 1 aromatic heterocycles. The zero-order valence-corrected chi connectivity index (χ0v) is 18.7. The number of nitrogens with zero attached hydrogens (tertiary/aromatic N) is 2. The fourth-order valence-corrected chi connectivity index (χ4v) is 4.69. The Labute approximate surface area is 197 Å². The van der Waals surface area contributed by atoms with E-state index in [0.717, 1.165) is 38.7 Å². The van der Waals surface area contributed by atoms with Crippen LogP contribution in [0.2, 0.25) is 0 Å². The number of aliphatic carboxylic acids is 1. The molecule has 0 saturated heterocycles. The van der Waals surface area contributed by atoms with Gasteiger partial charge in [0.2, 0.25) is 0 Å². The number of carbonyl (C=O) groups excluding carboxylic acids is 1. The number of ether oxygens (including phenoxy) is 1. The van der Waals surface area contributed by atoms with E-state index in [4.69, 9.17) is 4.74 Å². The molecule has 1 atom stereocenters. The number of aromatic nitrogens is 1. The van der Waals surface area contributed by atoms with Crippen LogP contribution in [-0.2, 0) is 16.0 Å². The molecule has 0 saturated carbocycles. The summed E-state index contributed by atoms with van der Waals surface area (Å²) in [7, 11) is 1.47. The average molecular weight is 453 g/mol. The zero-order chi connectivity index (χ0) is 23.7. The topological polar surface area (TPSA) is 79.7 Å². The minimum absolute atomic E-state index is 0.0824. The second-order valence-corrected chi connectivity index (χ2v) is 8.50. The number of likely N-dealkylation sites (N-methyl/N-ethyl adjacent to an activating group) is 1. The van der Waals surface area contributed by atoms with Crippen LogP contribution >= 0.6 is 0 Å². The van der Waals surface area contributed by atoms with Crippen molar-refractivity contribution in [2.45, 2.75) is 18.4 Å². The molecule has 1 aliphatic carbocycles. The molecule has 0 unspecified atom stereocenters. The van der Waals surface area contributed by atoms with E-state index >= 15 is 0 Å². The maximum atomic E-state index is 12.9. The molecule has 1 aliphatic rings. The lowest BCUT2D eigenvalue weighted by Crippen LogP contribution is -2.44. The minimum Gasteiger partial charge on any atom is -0.480 e. The smallest absolute Gasteiger partial charge is 0.410 e. The van der Waals surface area contributed by atoms with Gasteiger partial charge in [0.15, 0.2) is 0 Å². The van der Waals surface area contributed by atoms with Crippen molar-refractivity contribution in [3.8, 4) is 11.1 Å². The molecule has 0 spiro atoms. The Balaban J connectivity index is 1.31. The van der Waals surface area contributed by atoms with E-state index < -0.39 is 18.1 Å². The van der Waals surface area contributed by atoms with E-state index in [9.17, 15) is 14.7 Å². The van der Waals surface area contributed by atoms with Gasteiger partial charge in [-0.25, -0.2) is 9.59 Å². The maximum Gasteiger partial charge on any atom is 0.410 e. The molecule has 6 nitrogen and oxygen atoms in total. The summed E-state index contributed by atoms with van der Waals surface area (Å²) in [5.41, 5.74) is 6.15. The number of pyridine rings is 1. The summed E-state index contributed by atoms with van der Waals surface area (Å²) in [6.45, 7) is 0.144. The number of carboxylic acid groups (broad SMARTS) is 1. The molecule has 0 bridgehead atoms. The Morgan fingerprint density at radius 2 is 1.65 bits per heavy atom. The number of carbonyl (C=O) groups is 2. The fourth-order valence-electron chi connectivity index (χ4n) is 4.69. The highest BCUT2D eigenvalue weighted by Gasteiger charge is 2.32. The number of amides is 1. The fraction of sp³-hybridized carbons (Fsp3) is 0.179. The van der Waals surface area contributed by atoms with E-state index in [-0.39, 0.29) is 18.9 Å². The average Bonchev–Trinajstić information content (AvgIpc) is 3.19. The number of hydrogen-bond donors (Lipinski definition) is 1. The van der Waals surface area contributed by atoms with Crippen LogP contribution in [0, 0.1) is 0 Å². The Hall–Kier alpha value is -4.19. The highest BCUT2D eigenvalue weighted by atomic mass is 16.6. The molecular formula is C28H24N2O4. The van der Waals surface area contributed by atoms with E-state index in [1.54, 1.807) is 6.20 Å².